The molecule has 1 unspecified atom stereocenters. The molecule has 0 aromatic heterocycles. The summed E-state index contributed by atoms with van der Waals surface area (Å²) in [6.45, 7) is 1.99. The largest absolute Gasteiger partial charge is 0.321 e. The molecule has 1 nitrogen and oxygen atoms in total. The van der Waals surface area contributed by atoms with E-state index in [-0.39, 0.29) is 5.82 Å². The molecule has 0 amide bonds. The van der Waals surface area contributed by atoms with Crippen molar-refractivity contribution in [2.24, 2.45) is 11.7 Å². The number of hydrogen-bond acceptors (Lipinski definition) is 1. The highest BCUT2D eigenvalue weighted by Crippen LogP contribution is 2.37. The third-order valence-corrected chi connectivity index (χ3v) is 4.16. The molecule has 2 N–H and O–H groups in total. The van der Waals surface area contributed by atoms with Crippen LogP contribution in [0.5, 0.6) is 0 Å². The minimum atomic E-state index is -0.532. The number of rotatable bonds is 2. The van der Waals surface area contributed by atoms with E-state index in [4.69, 9.17) is 5.73 Å². The fraction of sp³-hybridized carbons (Fsp3) is 0.600. The first-order chi connectivity index (χ1) is 8.12. The maximum atomic E-state index is 13.9. The van der Waals surface area contributed by atoms with Crippen LogP contribution in [0.4, 0.5) is 4.39 Å². The molecule has 1 aromatic carbocycles. The van der Waals surface area contributed by atoms with Crippen LogP contribution in [-0.4, -0.2) is 0 Å². The summed E-state index contributed by atoms with van der Waals surface area (Å²) in [5.74, 6) is 0.239. The van der Waals surface area contributed by atoms with E-state index in [0.29, 0.717) is 11.5 Å². The molecule has 1 aliphatic carbocycles. The molecule has 2 heteroatoms. The first-order valence-electron chi connectivity index (χ1n) is 6.66. The van der Waals surface area contributed by atoms with Crippen LogP contribution in [0.15, 0.2) is 24.3 Å². The lowest BCUT2D eigenvalue weighted by molar-refractivity contribution is 0.261. The minimum Gasteiger partial charge on any atom is -0.321 e. The van der Waals surface area contributed by atoms with Crippen LogP contribution in [0, 0.1) is 11.7 Å². The van der Waals surface area contributed by atoms with Crippen molar-refractivity contribution in [2.45, 2.75) is 51.0 Å². The van der Waals surface area contributed by atoms with Crippen LogP contribution in [0.2, 0.25) is 0 Å². The first kappa shape index (κ1) is 12.6. The lowest BCUT2D eigenvalue weighted by atomic mass is 9.76. The quantitative estimate of drug-likeness (QED) is 0.771. The molecule has 1 fully saturated rings. The molecule has 17 heavy (non-hydrogen) atoms. The number of halogens is 1. The molecule has 1 saturated carbocycles. The van der Waals surface area contributed by atoms with E-state index in [1.54, 1.807) is 6.07 Å². The van der Waals surface area contributed by atoms with Crippen LogP contribution in [0.25, 0.3) is 0 Å². The summed E-state index contributed by atoms with van der Waals surface area (Å²) in [6.07, 6.45) is 7.30. The Morgan fingerprint density at radius 3 is 2.29 bits per heavy atom. The van der Waals surface area contributed by atoms with Gasteiger partial charge in [0.15, 0.2) is 0 Å². The molecule has 94 valence electrons. The first-order valence-corrected chi connectivity index (χ1v) is 6.66. The van der Waals surface area contributed by atoms with Crippen LogP contribution in [0.3, 0.4) is 0 Å². The molecule has 0 radical (unpaired) electrons. The third-order valence-electron chi connectivity index (χ3n) is 4.16. The molecular formula is C15H22FN. The molecule has 1 atom stereocenters. The predicted octanol–water partition coefficient (Wildman–Crippen LogP) is 3.97. The zero-order valence-corrected chi connectivity index (χ0v) is 10.6. The fourth-order valence-electron chi connectivity index (χ4n) is 3.00. The Morgan fingerprint density at radius 2 is 1.71 bits per heavy atom. The van der Waals surface area contributed by atoms with Gasteiger partial charge in [0.25, 0.3) is 0 Å². The lowest BCUT2D eigenvalue weighted by Gasteiger charge is -2.34. The molecule has 1 aromatic rings. The normalized spacial score (nSPS) is 21.8. The Hall–Kier alpha value is -0.890. The summed E-state index contributed by atoms with van der Waals surface area (Å²) in [4.78, 5) is 0. The Kier molecular flexibility index (Phi) is 3.82. The number of nitrogens with two attached hydrogens (primary N) is 1. The summed E-state index contributed by atoms with van der Waals surface area (Å²) >= 11 is 0. The van der Waals surface area contributed by atoms with Gasteiger partial charge in [-0.3, -0.25) is 0 Å². The van der Waals surface area contributed by atoms with Gasteiger partial charge in [-0.2, -0.15) is 0 Å². The van der Waals surface area contributed by atoms with Gasteiger partial charge in [-0.25, -0.2) is 4.39 Å². The molecule has 0 heterocycles. The topological polar surface area (TPSA) is 26.0 Å². The van der Waals surface area contributed by atoms with Crippen molar-refractivity contribution < 1.29 is 4.39 Å². The second-order valence-electron chi connectivity index (χ2n) is 5.45. The zero-order valence-electron chi connectivity index (χ0n) is 10.6. The SMILES string of the molecule is CC(N)(c1ccccc1F)C1CCCCCC1. The van der Waals surface area contributed by atoms with E-state index < -0.39 is 5.54 Å². The van der Waals surface area contributed by atoms with Gasteiger partial charge in [0, 0.05) is 11.1 Å². The molecular weight excluding hydrogens is 213 g/mol. The third kappa shape index (κ3) is 2.68. The number of hydrogen-bond donors (Lipinski definition) is 1. The Morgan fingerprint density at radius 1 is 1.12 bits per heavy atom. The average molecular weight is 235 g/mol. The van der Waals surface area contributed by atoms with Gasteiger partial charge in [0.05, 0.1) is 0 Å². The summed E-state index contributed by atoms with van der Waals surface area (Å²) in [5.41, 5.74) is 6.58. The van der Waals surface area contributed by atoms with Gasteiger partial charge in [0.2, 0.25) is 0 Å². The van der Waals surface area contributed by atoms with Crippen molar-refractivity contribution in [2.75, 3.05) is 0 Å². The Bertz CT molecular complexity index is 365. The lowest BCUT2D eigenvalue weighted by Crippen LogP contribution is -2.41. The summed E-state index contributed by atoms with van der Waals surface area (Å²) in [6, 6.07) is 6.94. The highest BCUT2D eigenvalue weighted by molar-refractivity contribution is 5.26. The maximum absolute atomic E-state index is 13.9. The van der Waals surface area contributed by atoms with E-state index >= 15 is 0 Å². The predicted molar refractivity (Wildman–Crippen MR) is 69.1 cm³/mol. The van der Waals surface area contributed by atoms with Crippen molar-refractivity contribution in [1.82, 2.24) is 0 Å². The van der Waals surface area contributed by atoms with Gasteiger partial charge in [-0.15, -0.1) is 0 Å². The van der Waals surface area contributed by atoms with Gasteiger partial charge in [-0.1, -0.05) is 43.9 Å². The van der Waals surface area contributed by atoms with Crippen LogP contribution in [0.1, 0.15) is 51.0 Å². The standard InChI is InChI=1S/C15H22FN/c1-15(17,12-8-4-2-3-5-9-12)13-10-6-7-11-14(13)16/h6-7,10-12H,2-5,8-9,17H2,1H3. The van der Waals surface area contributed by atoms with E-state index in [2.05, 4.69) is 0 Å². The fourth-order valence-corrected chi connectivity index (χ4v) is 3.00. The van der Waals surface area contributed by atoms with Crippen molar-refractivity contribution in [3.63, 3.8) is 0 Å². The van der Waals surface area contributed by atoms with Crippen molar-refractivity contribution >= 4 is 0 Å². The second-order valence-corrected chi connectivity index (χ2v) is 5.45. The van der Waals surface area contributed by atoms with Crippen molar-refractivity contribution in [3.05, 3.63) is 35.6 Å². The van der Waals surface area contributed by atoms with Gasteiger partial charge in [0.1, 0.15) is 5.82 Å². The molecule has 0 saturated heterocycles. The minimum absolute atomic E-state index is 0.165. The monoisotopic (exact) mass is 235 g/mol. The smallest absolute Gasteiger partial charge is 0.128 e. The van der Waals surface area contributed by atoms with Gasteiger partial charge >= 0.3 is 0 Å². The van der Waals surface area contributed by atoms with E-state index in [1.807, 2.05) is 19.1 Å². The van der Waals surface area contributed by atoms with Crippen molar-refractivity contribution in [1.29, 1.82) is 0 Å². The maximum Gasteiger partial charge on any atom is 0.128 e. The molecule has 0 spiro atoms. The Balaban J connectivity index is 2.25. The average Bonchev–Trinajstić information content (AvgIpc) is 2.58. The second kappa shape index (κ2) is 5.18. The zero-order chi connectivity index (χ0) is 12.3. The molecule has 0 aliphatic heterocycles. The van der Waals surface area contributed by atoms with Crippen LogP contribution < -0.4 is 5.73 Å². The highest BCUT2D eigenvalue weighted by Gasteiger charge is 2.33. The van der Waals surface area contributed by atoms with Gasteiger partial charge in [-0.05, 0) is 31.7 Å². The van der Waals surface area contributed by atoms with Crippen molar-refractivity contribution in [3.8, 4) is 0 Å². The van der Waals surface area contributed by atoms with Gasteiger partial charge < -0.3 is 5.73 Å². The highest BCUT2D eigenvalue weighted by atomic mass is 19.1. The van der Waals surface area contributed by atoms with Crippen LogP contribution in [-0.2, 0) is 5.54 Å². The Labute approximate surface area is 103 Å². The summed E-state index contributed by atoms with van der Waals surface area (Å²) < 4.78 is 13.9. The van der Waals surface area contributed by atoms with Crippen LogP contribution >= 0.6 is 0 Å². The number of benzene rings is 1. The molecule has 2 rings (SSSR count). The molecule has 0 bridgehead atoms. The van der Waals surface area contributed by atoms with E-state index in [0.717, 1.165) is 12.8 Å². The summed E-state index contributed by atoms with van der Waals surface area (Å²) in [7, 11) is 0. The molecule has 1 aliphatic rings. The summed E-state index contributed by atoms with van der Waals surface area (Å²) in [5, 5.41) is 0. The van der Waals surface area contributed by atoms with E-state index in [9.17, 15) is 4.39 Å². The van der Waals surface area contributed by atoms with E-state index in [1.165, 1.54) is 31.7 Å².